The molecule has 2 amide bonds. The first-order valence-corrected chi connectivity index (χ1v) is 21.2. The molecule has 1 fully saturated rings. The summed E-state index contributed by atoms with van der Waals surface area (Å²) in [4.78, 5) is 49.0. The van der Waals surface area contributed by atoms with E-state index in [1.54, 1.807) is 10.9 Å². The molecule has 1 aliphatic heterocycles. The zero-order valence-electron chi connectivity index (χ0n) is 35.4. The van der Waals surface area contributed by atoms with Crippen LogP contribution in [0.25, 0.3) is 11.0 Å². The zero-order valence-corrected chi connectivity index (χ0v) is 35.4. The number of aliphatic carboxylic acids is 1. The standard InChI is InChI=1S/C42H63N11O7/c1-4-5-6-12-44-40-39-36(46-42(43)47-40)11-13-52(39)29-34-10-9-33(25-31(34)2)28-50-14-16-51(17-15-50)38(55)8-7-19-58-21-23-60-24-22-59-20-18-53-30-35(48-49-53)27-45-37(54)26-32(3)41(56)57/h9-11,13,25,30,32H,4-8,12,14-24,26-29H2,1-3H3,(H,45,54)(H,56,57)(H3,43,44,46,47). The maximum atomic E-state index is 12.9. The van der Waals surface area contributed by atoms with Crippen molar-refractivity contribution in [1.29, 1.82) is 0 Å². The van der Waals surface area contributed by atoms with E-state index >= 15 is 0 Å². The van der Waals surface area contributed by atoms with Crippen molar-refractivity contribution in [1.82, 2.24) is 44.6 Å². The number of nitrogens with two attached hydrogens (primary N) is 1. The maximum Gasteiger partial charge on any atom is 0.306 e. The van der Waals surface area contributed by atoms with Crippen molar-refractivity contribution >= 4 is 40.6 Å². The summed E-state index contributed by atoms with van der Waals surface area (Å²) in [6.07, 6.45) is 8.22. The summed E-state index contributed by atoms with van der Waals surface area (Å²) in [5.74, 6) is -0.870. The number of carboxylic acid groups (broad SMARTS) is 1. The molecule has 4 heterocycles. The van der Waals surface area contributed by atoms with Gasteiger partial charge in [-0.3, -0.25) is 19.3 Å². The van der Waals surface area contributed by atoms with Crippen molar-refractivity contribution in [2.45, 2.75) is 85.5 Å². The summed E-state index contributed by atoms with van der Waals surface area (Å²) >= 11 is 0. The highest BCUT2D eigenvalue weighted by atomic mass is 16.5. The molecule has 0 spiro atoms. The first-order chi connectivity index (χ1) is 29.1. The smallest absolute Gasteiger partial charge is 0.306 e. The van der Waals surface area contributed by atoms with Gasteiger partial charge in [0.2, 0.25) is 17.8 Å². The molecule has 5 rings (SSSR count). The summed E-state index contributed by atoms with van der Waals surface area (Å²) in [6, 6.07) is 8.71. The van der Waals surface area contributed by atoms with Crippen LogP contribution in [0.1, 0.15) is 74.8 Å². The Hall–Kier alpha value is -5.17. The van der Waals surface area contributed by atoms with Gasteiger partial charge in [0.25, 0.3) is 0 Å². The number of carbonyl (C=O) groups excluding carboxylic acids is 2. The van der Waals surface area contributed by atoms with Crippen molar-refractivity contribution in [3.63, 3.8) is 0 Å². The van der Waals surface area contributed by atoms with Crippen LogP contribution in [-0.4, -0.2) is 135 Å². The van der Waals surface area contributed by atoms with Crippen LogP contribution in [0.4, 0.5) is 11.8 Å². The molecule has 18 nitrogen and oxygen atoms in total. The minimum absolute atomic E-state index is 0.0899. The van der Waals surface area contributed by atoms with E-state index in [2.05, 4.69) is 78.6 Å². The Morgan fingerprint density at radius 1 is 0.933 bits per heavy atom. The maximum absolute atomic E-state index is 12.9. The number of rotatable bonds is 27. The lowest BCUT2D eigenvalue weighted by Gasteiger charge is -2.35. The number of fused-ring (bicyclic) bond motifs is 1. The van der Waals surface area contributed by atoms with E-state index in [-0.39, 0.29) is 30.7 Å². The van der Waals surface area contributed by atoms with Gasteiger partial charge in [0.05, 0.1) is 63.8 Å². The second-order valence-corrected chi connectivity index (χ2v) is 15.3. The molecule has 3 aromatic heterocycles. The number of nitrogens with zero attached hydrogens (tertiary/aromatic N) is 8. The predicted octanol–water partition coefficient (Wildman–Crippen LogP) is 3.47. The van der Waals surface area contributed by atoms with Crippen LogP contribution < -0.4 is 16.4 Å². The lowest BCUT2D eigenvalue weighted by Crippen LogP contribution is -2.48. The van der Waals surface area contributed by atoms with Crippen LogP contribution >= 0.6 is 0 Å². The summed E-state index contributed by atoms with van der Waals surface area (Å²) in [5.41, 5.74) is 12.2. The largest absolute Gasteiger partial charge is 0.481 e. The number of hydrogen-bond donors (Lipinski definition) is 4. The Balaban J connectivity index is 0.883. The van der Waals surface area contributed by atoms with Crippen LogP contribution in [0.15, 0.2) is 36.7 Å². The van der Waals surface area contributed by atoms with Crippen molar-refractivity contribution in [2.24, 2.45) is 5.92 Å². The van der Waals surface area contributed by atoms with Crippen LogP contribution in [0.5, 0.6) is 0 Å². The number of unbranched alkanes of at least 4 members (excludes halogenated alkanes) is 2. The summed E-state index contributed by atoms with van der Waals surface area (Å²) in [7, 11) is 0. The molecule has 0 radical (unpaired) electrons. The quantitative estimate of drug-likeness (QED) is 0.0634. The molecule has 60 heavy (non-hydrogen) atoms. The number of hydrogen-bond acceptors (Lipinski definition) is 13. The van der Waals surface area contributed by atoms with Crippen LogP contribution in [-0.2, 0) is 54.8 Å². The molecule has 18 heteroatoms. The molecular weight excluding hydrogens is 771 g/mol. The van der Waals surface area contributed by atoms with Gasteiger partial charge in [-0.15, -0.1) is 5.10 Å². The van der Waals surface area contributed by atoms with E-state index in [1.807, 2.05) is 11.0 Å². The second kappa shape index (κ2) is 24.2. The Kier molecular flexibility index (Phi) is 18.5. The number of benzene rings is 1. The second-order valence-electron chi connectivity index (χ2n) is 15.3. The average Bonchev–Trinajstić information content (AvgIpc) is 3.86. The third-order valence-corrected chi connectivity index (χ3v) is 10.4. The first-order valence-electron chi connectivity index (χ1n) is 21.2. The number of carbonyl (C=O) groups is 3. The molecule has 0 saturated carbocycles. The number of piperazine rings is 1. The Bertz CT molecular complexity index is 1960. The van der Waals surface area contributed by atoms with Crippen molar-refractivity contribution < 1.29 is 33.7 Å². The predicted molar refractivity (Wildman–Crippen MR) is 227 cm³/mol. The van der Waals surface area contributed by atoms with Gasteiger partial charge in [0.1, 0.15) is 11.2 Å². The van der Waals surface area contributed by atoms with Crippen molar-refractivity contribution in [2.75, 3.05) is 83.4 Å². The number of nitrogens with one attached hydrogen (secondary N) is 2. The van der Waals surface area contributed by atoms with E-state index in [9.17, 15) is 14.4 Å². The lowest BCUT2D eigenvalue weighted by atomic mass is 10.0. The molecule has 328 valence electrons. The molecule has 5 N–H and O–H groups in total. The number of nitrogen functional groups attached to an aromatic ring is 1. The average molecular weight is 834 g/mol. The molecule has 1 unspecified atom stereocenters. The number of aromatic nitrogens is 6. The summed E-state index contributed by atoms with van der Waals surface area (Å²) < 4.78 is 20.7. The van der Waals surface area contributed by atoms with Crippen LogP contribution in [0, 0.1) is 12.8 Å². The van der Waals surface area contributed by atoms with Crippen LogP contribution in [0.2, 0.25) is 0 Å². The first kappa shape index (κ1) is 45.9. The molecule has 4 aromatic rings. The molecule has 0 bridgehead atoms. The molecule has 1 aliphatic rings. The highest BCUT2D eigenvalue weighted by Gasteiger charge is 2.21. The monoisotopic (exact) mass is 833 g/mol. The Labute approximate surface area is 352 Å². The van der Waals surface area contributed by atoms with Gasteiger partial charge in [-0.2, -0.15) is 4.98 Å². The van der Waals surface area contributed by atoms with Gasteiger partial charge in [0, 0.05) is 71.5 Å². The number of amides is 2. The van der Waals surface area contributed by atoms with E-state index < -0.39 is 11.9 Å². The van der Waals surface area contributed by atoms with Crippen molar-refractivity contribution in [3.05, 3.63) is 59.0 Å². The minimum Gasteiger partial charge on any atom is -0.481 e. The summed E-state index contributed by atoms with van der Waals surface area (Å²) in [5, 5.41) is 23.1. The van der Waals surface area contributed by atoms with Gasteiger partial charge in [0.15, 0.2) is 5.82 Å². The highest BCUT2D eigenvalue weighted by molar-refractivity contribution is 5.87. The topological polar surface area (TPSA) is 217 Å². The number of anilines is 2. The summed E-state index contributed by atoms with van der Waals surface area (Å²) in [6.45, 7) is 14.7. The van der Waals surface area contributed by atoms with E-state index in [0.717, 1.165) is 69.0 Å². The van der Waals surface area contributed by atoms with Gasteiger partial charge < -0.3 is 45.2 Å². The van der Waals surface area contributed by atoms with Gasteiger partial charge in [-0.05, 0) is 42.5 Å². The number of ether oxygens (including phenoxy) is 3. The fourth-order valence-corrected chi connectivity index (χ4v) is 6.93. The normalized spacial score (nSPS) is 13.8. The van der Waals surface area contributed by atoms with Crippen LogP contribution in [0.3, 0.4) is 0 Å². The molecule has 1 saturated heterocycles. The molecular formula is C42H63N11O7. The van der Waals surface area contributed by atoms with E-state index in [0.29, 0.717) is 71.3 Å². The fourth-order valence-electron chi connectivity index (χ4n) is 6.93. The zero-order chi connectivity index (χ0) is 42.7. The number of carboxylic acids is 1. The van der Waals surface area contributed by atoms with Gasteiger partial charge >= 0.3 is 5.97 Å². The van der Waals surface area contributed by atoms with E-state index in [1.165, 1.54) is 30.0 Å². The minimum atomic E-state index is -1.01. The van der Waals surface area contributed by atoms with Crippen molar-refractivity contribution in [3.8, 4) is 0 Å². The SMILES string of the molecule is CCCCCNc1nc(N)nc2ccn(Cc3ccc(CN4CCN(C(=O)CCCOCCOCCOCCn5cc(CNC(=O)CC(C)C(=O)O)nn5)CC4)cc3C)c12. The third kappa shape index (κ3) is 14.8. The third-order valence-electron chi connectivity index (χ3n) is 10.4. The fraction of sp³-hybridized carbons (Fsp3) is 0.595. The van der Waals surface area contributed by atoms with E-state index in [4.69, 9.17) is 25.1 Å². The molecule has 0 aliphatic carbocycles. The Morgan fingerprint density at radius 3 is 2.42 bits per heavy atom. The van der Waals surface area contributed by atoms with Gasteiger partial charge in [-0.1, -0.05) is 50.1 Å². The highest BCUT2D eigenvalue weighted by Crippen LogP contribution is 2.25. The molecule has 1 atom stereocenters. The Morgan fingerprint density at radius 2 is 1.68 bits per heavy atom. The number of aryl methyl sites for hydroxylation is 1. The van der Waals surface area contributed by atoms with Gasteiger partial charge in [-0.25, -0.2) is 9.67 Å². The molecule has 1 aromatic carbocycles. The lowest BCUT2D eigenvalue weighted by molar-refractivity contribution is -0.143.